The number of carbonyl (C=O) groups excluding carboxylic acids is 1. The van der Waals surface area contributed by atoms with Gasteiger partial charge in [0.1, 0.15) is 5.76 Å². The highest BCUT2D eigenvalue weighted by atomic mass is 16.3. The van der Waals surface area contributed by atoms with Crippen LogP contribution in [-0.2, 0) is 6.42 Å². The molecule has 2 aromatic rings. The molecule has 120 valence electrons. The second-order valence-electron chi connectivity index (χ2n) is 6.40. The van der Waals surface area contributed by atoms with Crippen molar-refractivity contribution in [2.45, 2.75) is 31.1 Å². The first kappa shape index (κ1) is 14.5. The summed E-state index contributed by atoms with van der Waals surface area (Å²) >= 11 is 0. The van der Waals surface area contributed by atoms with Crippen molar-refractivity contribution in [2.75, 3.05) is 19.6 Å². The van der Waals surface area contributed by atoms with Crippen LogP contribution >= 0.6 is 0 Å². The molecule has 5 heteroatoms. The summed E-state index contributed by atoms with van der Waals surface area (Å²) in [5.41, 5.74) is 3.21. The van der Waals surface area contributed by atoms with Gasteiger partial charge in [0.15, 0.2) is 12.1 Å². The van der Waals surface area contributed by atoms with Crippen molar-refractivity contribution >= 4 is 5.91 Å². The zero-order valence-corrected chi connectivity index (χ0v) is 13.0. The van der Waals surface area contributed by atoms with E-state index in [-0.39, 0.29) is 5.91 Å². The highest BCUT2D eigenvalue weighted by Gasteiger charge is 2.28. The molecule has 1 amide bonds. The predicted molar refractivity (Wildman–Crippen MR) is 86.6 cm³/mol. The summed E-state index contributed by atoms with van der Waals surface area (Å²) < 4.78 is 5.53. The third kappa shape index (κ3) is 2.77. The van der Waals surface area contributed by atoms with Gasteiger partial charge in [0, 0.05) is 18.4 Å². The van der Waals surface area contributed by atoms with Gasteiger partial charge in [-0.1, -0.05) is 24.3 Å². The monoisotopic (exact) mass is 311 g/mol. The maximum Gasteiger partial charge on any atom is 0.273 e. The van der Waals surface area contributed by atoms with Crippen molar-refractivity contribution in [2.24, 2.45) is 0 Å². The molecule has 1 unspecified atom stereocenters. The largest absolute Gasteiger partial charge is 0.447 e. The van der Waals surface area contributed by atoms with Crippen LogP contribution in [0.15, 0.2) is 35.1 Å². The summed E-state index contributed by atoms with van der Waals surface area (Å²) in [6.45, 7) is 2.59. The average Bonchev–Trinajstić information content (AvgIpc) is 3.06. The molecule has 4 rings (SSSR count). The first-order chi connectivity index (χ1) is 11.3. The van der Waals surface area contributed by atoms with Gasteiger partial charge in [0.2, 0.25) is 0 Å². The van der Waals surface area contributed by atoms with E-state index in [0.29, 0.717) is 24.1 Å². The van der Waals surface area contributed by atoms with Gasteiger partial charge < -0.3 is 15.1 Å². The SMILES string of the molecule is O=C(NCC1Cc2ccccc21)c1ncoc1C1CCNCC1. The number of hydrogen-bond donors (Lipinski definition) is 2. The number of benzene rings is 1. The van der Waals surface area contributed by atoms with Crippen molar-refractivity contribution in [3.63, 3.8) is 0 Å². The Morgan fingerprint density at radius 1 is 1.30 bits per heavy atom. The Bertz CT molecular complexity index is 704. The second kappa shape index (κ2) is 6.16. The standard InChI is InChI=1S/C18H21N3O2/c22-18(20-10-14-9-13-3-1-2-4-15(13)14)16-17(23-11-21-16)12-5-7-19-8-6-12/h1-4,11-12,14,19H,5-10H2,(H,20,22). The van der Waals surface area contributed by atoms with E-state index in [1.165, 1.54) is 17.5 Å². The number of carbonyl (C=O) groups is 1. The number of hydrogen-bond acceptors (Lipinski definition) is 4. The Balaban J connectivity index is 1.40. The molecule has 2 N–H and O–H groups in total. The molecule has 1 aromatic heterocycles. The minimum absolute atomic E-state index is 0.114. The van der Waals surface area contributed by atoms with E-state index in [2.05, 4.69) is 39.9 Å². The molecule has 1 saturated heterocycles. The molecule has 1 aromatic carbocycles. The molecule has 1 fully saturated rings. The molecule has 0 bridgehead atoms. The highest BCUT2D eigenvalue weighted by Crippen LogP contribution is 2.34. The summed E-state index contributed by atoms with van der Waals surface area (Å²) in [5.74, 6) is 1.35. The molecule has 0 spiro atoms. The molecule has 2 aliphatic rings. The van der Waals surface area contributed by atoms with Crippen molar-refractivity contribution in [3.05, 3.63) is 53.2 Å². The number of amides is 1. The molecule has 1 atom stereocenters. The molecular formula is C18H21N3O2. The first-order valence-corrected chi connectivity index (χ1v) is 8.33. The summed E-state index contributed by atoms with van der Waals surface area (Å²) in [4.78, 5) is 16.6. The Labute approximate surface area is 135 Å². The predicted octanol–water partition coefficient (Wildman–Crippen LogP) is 2.21. The maximum atomic E-state index is 12.5. The molecule has 5 nitrogen and oxygen atoms in total. The van der Waals surface area contributed by atoms with E-state index in [0.717, 1.165) is 38.1 Å². The molecule has 1 aliphatic carbocycles. The fraction of sp³-hybridized carbons (Fsp3) is 0.444. The van der Waals surface area contributed by atoms with Crippen LogP contribution < -0.4 is 10.6 Å². The van der Waals surface area contributed by atoms with Crippen molar-refractivity contribution < 1.29 is 9.21 Å². The van der Waals surface area contributed by atoms with Crippen molar-refractivity contribution in [3.8, 4) is 0 Å². The Kier molecular flexibility index (Phi) is 3.87. The zero-order chi connectivity index (χ0) is 15.6. The zero-order valence-electron chi connectivity index (χ0n) is 13.0. The van der Waals surface area contributed by atoms with Crippen molar-refractivity contribution in [1.29, 1.82) is 0 Å². The van der Waals surface area contributed by atoms with Gasteiger partial charge >= 0.3 is 0 Å². The maximum absolute atomic E-state index is 12.5. The Morgan fingerprint density at radius 2 is 2.13 bits per heavy atom. The third-order valence-electron chi connectivity index (χ3n) is 4.99. The Morgan fingerprint density at radius 3 is 2.96 bits per heavy atom. The number of aromatic nitrogens is 1. The van der Waals surface area contributed by atoms with Crippen LogP contribution in [0.25, 0.3) is 0 Å². The van der Waals surface area contributed by atoms with Gasteiger partial charge in [0.25, 0.3) is 5.91 Å². The summed E-state index contributed by atoms with van der Waals surface area (Å²) in [7, 11) is 0. The lowest BCUT2D eigenvalue weighted by atomic mass is 9.77. The van der Waals surface area contributed by atoms with Crippen LogP contribution in [0.1, 0.15) is 52.1 Å². The fourth-order valence-corrected chi connectivity index (χ4v) is 3.64. The summed E-state index contributed by atoms with van der Waals surface area (Å²) in [6, 6.07) is 8.42. The highest BCUT2D eigenvalue weighted by molar-refractivity contribution is 5.93. The van der Waals surface area contributed by atoms with E-state index >= 15 is 0 Å². The number of oxazole rings is 1. The number of nitrogens with zero attached hydrogens (tertiary/aromatic N) is 1. The van der Waals surface area contributed by atoms with Gasteiger partial charge in [-0.15, -0.1) is 0 Å². The topological polar surface area (TPSA) is 67.2 Å². The molecule has 0 saturated carbocycles. The molecule has 23 heavy (non-hydrogen) atoms. The lowest BCUT2D eigenvalue weighted by molar-refractivity contribution is 0.0942. The van der Waals surface area contributed by atoms with Crippen LogP contribution in [0.5, 0.6) is 0 Å². The molecule has 0 radical (unpaired) electrons. The number of nitrogens with one attached hydrogen (secondary N) is 2. The molecule has 1 aliphatic heterocycles. The third-order valence-corrected chi connectivity index (χ3v) is 4.99. The molecular weight excluding hydrogens is 290 g/mol. The van der Waals surface area contributed by atoms with E-state index in [9.17, 15) is 4.79 Å². The van der Waals surface area contributed by atoms with Crippen LogP contribution in [0.3, 0.4) is 0 Å². The van der Waals surface area contributed by atoms with E-state index in [1.54, 1.807) is 0 Å². The number of rotatable bonds is 4. The average molecular weight is 311 g/mol. The lowest BCUT2D eigenvalue weighted by Crippen LogP contribution is -2.34. The number of piperidine rings is 1. The van der Waals surface area contributed by atoms with Crippen molar-refractivity contribution in [1.82, 2.24) is 15.6 Å². The van der Waals surface area contributed by atoms with Gasteiger partial charge in [-0.2, -0.15) is 0 Å². The van der Waals surface area contributed by atoms with Crippen LogP contribution in [0.2, 0.25) is 0 Å². The number of fused-ring (bicyclic) bond motifs is 1. The Hall–Kier alpha value is -2.14. The minimum Gasteiger partial charge on any atom is -0.447 e. The van der Waals surface area contributed by atoms with Gasteiger partial charge in [0.05, 0.1) is 0 Å². The summed E-state index contributed by atoms with van der Waals surface area (Å²) in [6.07, 6.45) is 4.41. The fourth-order valence-electron chi connectivity index (χ4n) is 3.64. The van der Waals surface area contributed by atoms with Gasteiger partial charge in [-0.25, -0.2) is 4.98 Å². The van der Waals surface area contributed by atoms with E-state index < -0.39 is 0 Å². The smallest absolute Gasteiger partial charge is 0.273 e. The summed E-state index contributed by atoms with van der Waals surface area (Å²) in [5, 5.41) is 6.36. The van der Waals surface area contributed by atoms with Gasteiger partial charge in [-0.3, -0.25) is 4.79 Å². The molecule has 2 heterocycles. The van der Waals surface area contributed by atoms with Crippen LogP contribution in [0, 0.1) is 0 Å². The van der Waals surface area contributed by atoms with Crippen LogP contribution in [-0.4, -0.2) is 30.5 Å². The minimum atomic E-state index is -0.114. The van der Waals surface area contributed by atoms with E-state index in [4.69, 9.17) is 4.42 Å². The first-order valence-electron chi connectivity index (χ1n) is 8.33. The van der Waals surface area contributed by atoms with Crippen LogP contribution in [0.4, 0.5) is 0 Å². The quantitative estimate of drug-likeness (QED) is 0.908. The lowest BCUT2D eigenvalue weighted by Gasteiger charge is -2.30. The second-order valence-corrected chi connectivity index (χ2v) is 6.40. The van der Waals surface area contributed by atoms with E-state index in [1.807, 2.05) is 0 Å². The van der Waals surface area contributed by atoms with Gasteiger partial charge in [-0.05, 0) is 43.5 Å². The normalized spacial score (nSPS) is 20.6.